The lowest BCUT2D eigenvalue weighted by atomic mass is 9.70. The molecule has 3 fully saturated rings. The highest BCUT2D eigenvalue weighted by molar-refractivity contribution is 6.05. The standard InChI is InChI=1S/C24H32N4O3/c25-13-18-2-1-7-24(18)8-10-27(11-9-24)14-16-3-4-19-17(12-16)15-28(23(19)31)20-5-6-21(29)26-22(20)30/h3-4,12,18,20H,1-2,5-11,13-15,25H2,(H,26,29,30). The molecule has 2 unspecified atom stereocenters. The highest BCUT2D eigenvalue weighted by atomic mass is 16.2. The molecule has 3 amide bonds. The average Bonchev–Trinajstić information content (AvgIpc) is 3.30. The Kier molecular flexibility index (Phi) is 5.34. The maximum Gasteiger partial charge on any atom is 0.255 e. The minimum atomic E-state index is -0.554. The smallest absolute Gasteiger partial charge is 0.255 e. The second kappa shape index (κ2) is 8.02. The monoisotopic (exact) mass is 424 g/mol. The molecule has 0 bridgehead atoms. The van der Waals surface area contributed by atoms with Crippen molar-refractivity contribution in [3.63, 3.8) is 0 Å². The Morgan fingerprint density at radius 2 is 1.90 bits per heavy atom. The largest absolute Gasteiger partial charge is 0.330 e. The molecule has 2 atom stereocenters. The number of carbonyl (C=O) groups excluding carboxylic acids is 3. The highest BCUT2D eigenvalue weighted by Crippen LogP contribution is 2.50. The van der Waals surface area contributed by atoms with Gasteiger partial charge < -0.3 is 10.6 Å². The quantitative estimate of drug-likeness (QED) is 0.719. The van der Waals surface area contributed by atoms with Crippen molar-refractivity contribution in [2.24, 2.45) is 17.1 Å². The number of fused-ring (bicyclic) bond motifs is 1. The Labute approximate surface area is 183 Å². The van der Waals surface area contributed by atoms with E-state index in [1.54, 1.807) is 4.90 Å². The zero-order valence-corrected chi connectivity index (χ0v) is 18.1. The Bertz CT molecular complexity index is 906. The summed E-state index contributed by atoms with van der Waals surface area (Å²) in [6, 6.07) is 5.53. The van der Waals surface area contributed by atoms with Crippen LogP contribution in [0.15, 0.2) is 18.2 Å². The van der Waals surface area contributed by atoms with E-state index < -0.39 is 6.04 Å². The maximum atomic E-state index is 12.9. The maximum absolute atomic E-state index is 12.9. The van der Waals surface area contributed by atoms with Crippen molar-refractivity contribution in [3.8, 4) is 0 Å². The molecule has 166 valence electrons. The van der Waals surface area contributed by atoms with Gasteiger partial charge in [0.15, 0.2) is 0 Å². The fourth-order valence-electron chi connectivity index (χ4n) is 6.38. The minimum absolute atomic E-state index is 0.106. The van der Waals surface area contributed by atoms with Gasteiger partial charge in [-0.3, -0.25) is 24.6 Å². The zero-order valence-electron chi connectivity index (χ0n) is 18.1. The molecule has 0 aromatic heterocycles. The first-order valence-corrected chi connectivity index (χ1v) is 11.7. The van der Waals surface area contributed by atoms with Gasteiger partial charge in [0.05, 0.1) is 0 Å². The van der Waals surface area contributed by atoms with Crippen LogP contribution in [0.1, 0.15) is 66.4 Å². The summed E-state index contributed by atoms with van der Waals surface area (Å²) in [4.78, 5) is 40.7. The van der Waals surface area contributed by atoms with E-state index in [0.717, 1.165) is 31.7 Å². The van der Waals surface area contributed by atoms with Crippen LogP contribution in [0, 0.1) is 11.3 Å². The number of carbonyl (C=O) groups is 3. The molecule has 3 heterocycles. The molecule has 1 aromatic carbocycles. The van der Waals surface area contributed by atoms with Gasteiger partial charge in [0.25, 0.3) is 5.91 Å². The normalized spacial score (nSPS) is 28.3. The summed E-state index contributed by atoms with van der Waals surface area (Å²) < 4.78 is 0. The fraction of sp³-hybridized carbons (Fsp3) is 0.625. The molecule has 1 spiro atoms. The fourth-order valence-corrected chi connectivity index (χ4v) is 6.38. The van der Waals surface area contributed by atoms with Crippen LogP contribution in [-0.4, -0.2) is 53.2 Å². The molecule has 2 saturated heterocycles. The molecular formula is C24H32N4O3. The van der Waals surface area contributed by atoms with Gasteiger partial charge in [-0.2, -0.15) is 0 Å². The second-order valence-corrected chi connectivity index (χ2v) is 9.85. The lowest BCUT2D eigenvalue weighted by Crippen LogP contribution is -2.52. The van der Waals surface area contributed by atoms with E-state index >= 15 is 0 Å². The van der Waals surface area contributed by atoms with Gasteiger partial charge >= 0.3 is 0 Å². The first-order valence-electron chi connectivity index (χ1n) is 11.7. The third-order valence-corrected chi connectivity index (χ3v) is 8.22. The molecule has 1 aliphatic carbocycles. The number of benzene rings is 1. The number of imide groups is 1. The number of nitrogens with two attached hydrogens (primary N) is 1. The molecule has 7 heteroatoms. The van der Waals surface area contributed by atoms with Crippen LogP contribution in [-0.2, 0) is 22.7 Å². The molecule has 5 rings (SSSR count). The van der Waals surface area contributed by atoms with Crippen LogP contribution in [0.4, 0.5) is 0 Å². The van der Waals surface area contributed by atoms with Crippen molar-refractivity contribution in [1.82, 2.24) is 15.1 Å². The number of amides is 3. The number of hydrogen-bond acceptors (Lipinski definition) is 5. The third kappa shape index (κ3) is 3.68. The summed E-state index contributed by atoms with van der Waals surface area (Å²) in [6.07, 6.45) is 7.10. The SMILES string of the molecule is NCC1CCCC12CCN(Cc1ccc3c(c1)CN(C1CCC(=O)NC1=O)C3=O)CC2. The number of rotatable bonds is 4. The summed E-state index contributed by atoms with van der Waals surface area (Å²) in [5.74, 6) is -0.0297. The van der Waals surface area contributed by atoms with Crippen LogP contribution in [0.2, 0.25) is 0 Å². The van der Waals surface area contributed by atoms with Crippen molar-refractivity contribution in [2.75, 3.05) is 19.6 Å². The van der Waals surface area contributed by atoms with Gasteiger partial charge in [-0.1, -0.05) is 18.6 Å². The number of hydrogen-bond donors (Lipinski definition) is 2. The molecule has 4 aliphatic rings. The zero-order chi connectivity index (χ0) is 21.6. The van der Waals surface area contributed by atoms with E-state index in [1.165, 1.54) is 37.7 Å². The van der Waals surface area contributed by atoms with Gasteiger partial charge in [-0.15, -0.1) is 0 Å². The van der Waals surface area contributed by atoms with Crippen molar-refractivity contribution < 1.29 is 14.4 Å². The van der Waals surface area contributed by atoms with Crippen LogP contribution < -0.4 is 11.1 Å². The average molecular weight is 425 g/mol. The van der Waals surface area contributed by atoms with Crippen molar-refractivity contribution in [1.29, 1.82) is 0 Å². The summed E-state index contributed by atoms with van der Waals surface area (Å²) in [6.45, 7) is 4.37. The van der Waals surface area contributed by atoms with E-state index in [4.69, 9.17) is 5.73 Å². The highest BCUT2D eigenvalue weighted by Gasteiger charge is 2.44. The van der Waals surface area contributed by atoms with E-state index in [2.05, 4.69) is 16.3 Å². The molecule has 1 aromatic rings. The number of piperidine rings is 2. The van der Waals surface area contributed by atoms with Crippen molar-refractivity contribution in [3.05, 3.63) is 34.9 Å². The van der Waals surface area contributed by atoms with Crippen molar-refractivity contribution in [2.45, 2.75) is 64.1 Å². The summed E-state index contributed by atoms with van der Waals surface area (Å²) in [5, 5.41) is 2.36. The molecule has 3 aliphatic heterocycles. The van der Waals surface area contributed by atoms with Crippen LogP contribution in [0.3, 0.4) is 0 Å². The van der Waals surface area contributed by atoms with Gasteiger partial charge in [0.2, 0.25) is 11.8 Å². The van der Waals surface area contributed by atoms with E-state index in [0.29, 0.717) is 29.9 Å². The number of likely N-dealkylation sites (tertiary alicyclic amines) is 1. The van der Waals surface area contributed by atoms with Crippen molar-refractivity contribution >= 4 is 17.7 Å². The topological polar surface area (TPSA) is 95.7 Å². The summed E-state index contributed by atoms with van der Waals surface area (Å²) in [5.41, 5.74) is 9.41. The molecule has 1 saturated carbocycles. The van der Waals surface area contributed by atoms with Crippen LogP contribution in [0.5, 0.6) is 0 Å². The van der Waals surface area contributed by atoms with Gasteiger partial charge in [-0.05, 0) is 80.3 Å². The third-order valence-electron chi connectivity index (χ3n) is 8.22. The Morgan fingerprint density at radius 1 is 1.10 bits per heavy atom. The Morgan fingerprint density at radius 3 is 2.65 bits per heavy atom. The predicted molar refractivity (Wildman–Crippen MR) is 116 cm³/mol. The van der Waals surface area contributed by atoms with Gasteiger partial charge in [0, 0.05) is 25.1 Å². The first-order chi connectivity index (χ1) is 15.0. The van der Waals surface area contributed by atoms with Gasteiger partial charge in [0.1, 0.15) is 6.04 Å². The molecule has 31 heavy (non-hydrogen) atoms. The lowest BCUT2D eigenvalue weighted by Gasteiger charge is -2.43. The van der Waals surface area contributed by atoms with Crippen LogP contribution >= 0.6 is 0 Å². The van der Waals surface area contributed by atoms with Crippen LogP contribution in [0.25, 0.3) is 0 Å². The Balaban J connectivity index is 1.23. The molecule has 7 nitrogen and oxygen atoms in total. The number of nitrogens with zero attached hydrogens (tertiary/aromatic N) is 2. The molecule has 3 N–H and O–H groups in total. The van der Waals surface area contributed by atoms with E-state index in [-0.39, 0.29) is 24.1 Å². The minimum Gasteiger partial charge on any atom is -0.330 e. The lowest BCUT2D eigenvalue weighted by molar-refractivity contribution is -0.136. The molecule has 0 radical (unpaired) electrons. The summed E-state index contributed by atoms with van der Waals surface area (Å²) in [7, 11) is 0. The van der Waals surface area contributed by atoms with E-state index in [9.17, 15) is 14.4 Å². The second-order valence-electron chi connectivity index (χ2n) is 9.85. The first kappa shape index (κ1) is 20.6. The van der Waals surface area contributed by atoms with E-state index in [1.807, 2.05) is 12.1 Å². The predicted octanol–water partition coefficient (Wildman–Crippen LogP) is 1.79. The summed E-state index contributed by atoms with van der Waals surface area (Å²) >= 11 is 0. The Hall–Kier alpha value is -2.25. The number of nitrogens with one attached hydrogen (secondary N) is 1. The van der Waals surface area contributed by atoms with Gasteiger partial charge in [-0.25, -0.2) is 0 Å². The molecular weight excluding hydrogens is 392 g/mol.